The summed E-state index contributed by atoms with van der Waals surface area (Å²) in [6.07, 6.45) is 1.51. The van der Waals surface area contributed by atoms with Gasteiger partial charge < -0.3 is 19.8 Å². The fourth-order valence-electron chi connectivity index (χ4n) is 3.77. The lowest BCUT2D eigenvalue weighted by Crippen LogP contribution is -2.45. The summed E-state index contributed by atoms with van der Waals surface area (Å²) >= 11 is 0. The molecule has 0 bridgehead atoms. The van der Waals surface area contributed by atoms with Crippen LogP contribution in [-0.4, -0.2) is 59.7 Å². The molecule has 33 heavy (non-hydrogen) atoms. The Bertz CT molecular complexity index is 1310. The molecule has 4 rings (SSSR count). The van der Waals surface area contributed by atoms with Crippen LogP contribution >= 0.6 is 0 Å². The van der Waals surface area contributed by atoms with Gasteiger partial charge in [-0.15, -0.1) is 5.10 Å². The van der Waals surface area contributed by atoms with Gasteiger partial charge in [-0.05, 0) is 38.5 Å². The van der Waals surface area contributed by atoms with Gasteiger partial charge in [0.2, 0.25) is 0 Å². The zero-order valence-electron chi connectivity index (χ0n) is 18.8. The number of hydrogen-bond acceptors (Lipinski definition) is 8. The van der Waals surface area contributed by atoms with Gasteiger partial charge in [0.05, 0.1) is 24.5 Å². The van der Waals surface area contributed by atoms with Crippen molar-refractivity contribution < 1.29 is 17.9 Å². The largest absolute Gasteiger partial charge is 0.493 e. The first-order valence-electron chi connectivity index (χ1n) is 10.9. The third-order valence-corrected chi connectivity index (χ3v) is 6.77. The molecule has 2 aromatic heterocycles. The lowest BCUT2D eigenvalue weighted by Gasteiger charge is -2.24. The first kappa shape index (κ1) is 23.2. The fourth-order valence-corrected chi connectivity index (χ4v) is 4.97. The summed E-state index contributed by atoms with van der Waals surface area (Å²) < 4.78 is 40.8. The van der Waals surface area contributed by atoms with Gasteiger partial charge in [-0.3, -0.25) is 9.52 Å². The van der Waals surface area contributed by atoms with E-state index in [2.05, 4.69) is 25.1 Å². The van der Waals surface area contributed by atoms with Gasteiger partial charge in [0.15, 0.2) is 16.8 Å². The molecule has 1 unspecified atom stereocenters. The highest BCUT2D eigenvalue weighted by Crippen LogP contribution is 2.31. The molecule has 0 saturated carbocycles. The number of fused-ring (bicyclic) bond motifs is 1. The van der Waals surface area contributed by atoms with Gasteiger partial charge in [0.1, 0.15) is 11.6 Å². The molecule has 0 aliphatic carbocycles. The molecule has 3 N–H and O–H groups in total. The van der Waals surface area contributed by atoms with Crippen LogP contribution in [0.5, 0.6) is 5.75 Å². The van der Waals surface area contributed by atoms with Crippen LogP contribution in [0.3, 0.4) is 0 Å². The monoisotopic (exact) mass is 476 g/mol. The van der Waals surface area contributed by atoms with Crippen LogP contribution in [0.15, 0.2) is 23.0 Å². The molecule has 1 fully saturated rings. The fraction of sp³-hybridized carbons (Fsp3) is 0.476. The van der Waals surface area contributed by atoms with Crippen LogP contribution in [0, 0.1) is 6.92 Å². The third-order valence-electron chi connectivity index (χ3n) is 5.25. The van der Waals surface area contributed by atoms with Crippen LogP contribution in [0.25, 0.3) is 16.9 Å². The summed E-state index contributed by atoms with van der Waals surface area (Å²) in [5, 5.41) is 7.63. The Morgan fingerprint density at radius 3 is 2.85 bits per heavy atom. The second kappa shape index (κ2) is 9.49. The summed E-state index contributed by atoms with van der Waals surface area (Å²) in [7, 11) is -3.80. The van der Waals surface area contributed by atoms with E-state index in [-0.39, 0.29) is 17.9 Å². The molecule has 0 spiro atoms. The van der Waals surface area contributed by atoms with E-state index >= 15 is 0 Å². The van der Waals surface area contributed by atoms with Crippen molar-refractivity contribution in [2.24, 2.45) is 0 Å². The maximum Gasteiger partial charge on any atom is 0.277 e. The first-order valence-corrected chi connectivity index (χ1v) is 12.5. The molecule has 178 valence electrons. The number of aromatic nitrogens is 4. The number of rotatable bonds is 8. The third kappa shape index (κ3) is 4.72. The molecule has 1 aliphatic heterocycles. The number of nitrogens with zero attached hydrogens (tertiary/aromatic N) is 3. The number of sulfonamides is 1. The van der Waals surface area contributed by atoms with Crippen molar-refractivity contribution >= 4 is 21.2 Å². The topological polar surface area (TPSA) is 140 Å². The summed E-state index contributed by atoms with van der Waals surface area (Å²) in [6.45, 7) is 7.14. The van der Waals surface area contributed by atoms with Crippen LogP contribution in [0.1, 0.15) is 31.8 Å². The van der Waals surface area contributed by atoms with Crippen molar-refractivity contribution in [2.75, 3.05) is 31.0 Å². The Morgan fingerprint density at radius 1 is 1.33 bits per heavy atom. The Balaban J connectivity index is 1.78. The zero-order valence-corrected chi connectivity index (χ0v) is 19.7. The van der Waals surface area contributed by atoms with Gasteiger partial charge in [0, 0.05) is 25.2 Å². The van der Waals surface area contributed by atoms with E-state index in [4.69, 9.17) is 9.47 Å². The molecule has 1 aliphatic rings. The minimum atomic E-state index is -3.80. The number of anilines is 1. The zero-order chi connectivity index (χ0) is 23.6. The highest BCUT2D eigenvalue weighted by atomic mass is 32.2. The smallest absolute Gasteiger partial charge is 0.277 e. The Labute approximate surface area is 191 Å². The van der Waals surface area contributed by atoms with Gasteiger partial charge in [0.25, 0.3) is 15.6 Å². The van der Waals surface area contributed by atoms with Crippen molar-refractivity contribution in [3.63, 3.8) is 0 Å². The van der Waals surface area contributed by atoms with Crippen molar-refractivity contribution in [1.82, 2.24) is 24.9 Å². The first-order chi connectivity index (χ1) is 15.8. The quantitative estimate of drug-likeness (QED) is 0.444. The summed E-state index contributed by atoms with van der Waals surface area (Å²) in [6, 6.07) is 4.84. The highest BCUT2D eigenvalue weighted by molar-refractivity contribution is 7.93. The number of benzene rings is 1. The van der Waals surface area contributed by atoms with E-state index in [9.17, 15) is 13.2 Å². The van der Waals surface area contributed by atoms with E-state index in [1.54, 1.807) is 29.6 Å². The number of nitrogens with one attached hydrogen (secondary N) is 3. The standard InChI is InChI=1S/C21H28N6O5S/c1-4-6-17-23-13(3)19-21(28)24-20(25-27(17)19)15-11-14(7-8-16(15)31-5-2)26-33(29,30)18-12-22-9-10-32-18/h7-8,11,18,22,26H,4-6,9-10,12H2,1-3H3,(H,24,25,28). The predicted molar refractivity (Wildman–Crippen MR) is 124 cm³/mol. The number of H-pyrrole nitrogens is 1. The van der Waals surface area contributed by atoms with Gasteiger partial charge in [-0.2, -0.15) is 0 Å². The van der Waals surface area contributed by atoms with Crippen molar-refractivity contribution in [1.29, 1.82) is 0 Å². The minimum Gasteiger partial charge on any atom is -0.493 e. The van der Waals surface area contributed by atoms with E-state index < -0.39 is 15.5 Å². The molecule has 1 saturated heterocycles. The number of aromatic amines is 1. The maximum absolute atomic E-state index is 12.9. The van der Waals surface area contributed by atoms with Gasteiger partial charge in [-0.1, -0.05) is 6.92 Å². The number of morpholine rings is 1. The molecule has 0 amide bonds. The van der Waals surface area contributed by atoms with Crippen LogP contribution in [-0.2, 0) is 21.2 Å². The molecule has 11 nitrogen and oxygen atoms in total. The summed E-state index contributed by atoms with van der Waals surface area (Å²) in [4.78, 5) is 20.2. The second-order valence-electron chi connectivity index (χ2n) is 7.72. The van der Waals surface area contributed by atoms with Crippen LogP contribution in [0.4, 0.5) is 5.69 Å². The Morgan fingerprint density at radius 2 is 2.15 bits per heavy atom. The molecule has 1 atom stereocenters. The Hall–Kier alpha value is -2.96. The van der Waals surface area contributed by atoms with E-state index in [0.717, 1.165) is 6.42 Å². The number of ether oxygens (including phenoxy) is 2. The number of hydrogen-bond donors (Lipinski definition) is 3. The molecule has 3 heterocycles. The molecule has 3 aromatic rings. The van der Waals surface area contributed by atoms with E-state index in [0.29, 0.717) is 60.2 Å². The number of imidazole rings is 1. The normalized spacial score (nSPS) is 16.8. The lowest BCUT2D eigenvalue weighted by molar-refractivity contribution is 0.0789. The average molecular weight is 477 g/mol. The van der Waals surface area contributed by atoms with Crippen LogP contribution in [0.2, 0.25) is 0 Å². The minimum absolute atomic E-state index is 0.199. The number of aryl methyl sites for hydroxylation is 2. The Kier molecular flexibility index (Phi) is 6.68. The predicted octanol–water partition coefficient (Wildman–Crippen LogP) is 1.43. The van der Waals surface area contributed by atoms with E-state index in [1.807, 2.05) is 13.8 Å². The van der Waals surface area contributed by atoms with Gasteiger partial charge in [-0.25, -0.2) is 17.9 Å². The molecular formula is C21H28N6O5S. The SMILES string of the molecule is CCCc1nc(C)c2c(=O)[nH]c(-c3cc(NS(=O)(=O)C4CNCCO4)ccc3OCC)nn12. The lowest BCUT2D eigenvalue weighted by atomic mass is 10.1. The summed E-state index contributed by atoms with van der Waals surface area (Å²) in [5.74, 6) is 1.41. The van der Waals surface area contributed by atoms with Crippen molar-refractivity contribution in [3.05, 3.63) is 40.1 Å². The van der Waals surface area contributed by atoms with Crippen LogP contribution < -0.4 is 20.3 Å². The van der Waals surface area contributed by atoms with Crippen molar-refractivity contribution in [2.45, 2.75) is 39.0 Å². The molecular weight excluding hydrogens is 448 g/mol. The van der Waals surface area contributed by atoms with Crippen molar-refractivity contribution in [3.8, 4) is 17.1 Å². The molecule has 1 aromatic carbocycles. The highest BCUT2D eigenvalue weighted by Gasteiger charge is 2.28. The second-order valence-corrected chi connectivity index (χ2v) is 9.54. The average Bonchev–Trinajstić information content (AvgIpc) is 3.11. The summed E-state index contributed by atoms with van der Waals surface area (Å²) in [5.41, 5.74) is 0.419. The van der Waals surface area contributed by atoms with E-state index in [1.165, 1.54) is 0 Å². The van der Waals surface area contributed by atoms with Gasteiger partial charge >= 0.3 is 0 Å². The molecule has 12 heteroatoms. The maximum atomic E-state index is 12.9. The molecule has 0 radical (unpaired) electrons.